The molecule has 6 aliphatic heterocycles. The number of aliphatic hydroxyl groups excluding tert-OH is 19. The monoisotopic (exact) mass is 1890 g/mol. The Balaban J connectivity index is 1.30. The maximum absolute atomic E-state index is 14.4. The fourth-order valence-electron chi connectivity index (χ4n) is 17.9. The summed E-state index contributed by atoms with van der Waals surface area (Å²) in [5, 5.41) is 246. The van der Waals surface area contributed by atoms with Crippen molar-refractivity contribution in [3.05, 3.63) is 12.2 Å². The van der Waals surface area contributed by atoms with Crippen LogP contribution in [0.1, 0.15) is 259 Å². The highest BCUT2D eigenvalue weighted by Gasteiger charge is 2.64. The van der Waals surface area contributed by atoms with Crippen LogP contribution in [0.25, 0.3) is 0 Å². The molecule has 42 heteroatoms. The molecule has 6 rings (SSSR count). The van der Waals surface area contributed by atoms with Crippen LogP contribution in [0.4, 0.5) is 0 Å². The lowest BCUT2D eigenvalue weighted by atomic mass is 9.86. The van der Waals surface area contributed by atoms with E-state index in [1.54, 1.807) is 6.08 Å². The minimum atomic E-state index is -3.68. The van der Waals surface area contributed by atoms with Gasteiger partial charge in [0.05, 0.1) is 88.8 Å². The molecule has 24 N–H and O–H groups in total. The van der Waals surface area contributed by atoms with Crippen LogP contribution < -0.4 is 16.0 Å². The molecule has 762 valence electrons. The zero-order chi connectivity index (χ0) is 96.7. The number of amides is 3. The minimum Gasteiger partial charge on any atom is -0.477 e. The van der Waals surface area contributed by atoms with Crippen LogP contribution >= 0.6 is 0 Å². The molecular formula is C89H157N3O39. The van der Waals surface area contributed by atoms with Crippen molar-refractivity contribution in [3.63, 3.8) is 0 Å². The quantitative estimate of drug-likeness (QED) is 0.0251. The number of aliphatic carboxylic acids is 2. The summed E-state index contributed by atoms with van der Waals surface area (Å²) in [5.41, 5.74) is 0. The van der Waals surface area contributed by atoms with Gasteiger partial charge >= 0.3 is 11.9 Å². The molecule has 6 saturated heterocycles. The lowest BCUT2D eigenvalue weighted by Crippen LogP contribution is -2.72. The Hall–Kier alpha value is -4.48. The van der Waals surface area contributed by atoms with Gasteiger partial charge in [0.2, 0.25) is 17.7 Å². The Kier molecular flexibility index (Phi) is 52.5. The van der Waals surface area contributed by atoms with Crippen LogP contribution in [0.5, 0.6) is 0 Å². The molecule has 34 atom stereocenters. The summed E-state index contributed by atoms with van der Waals surface area (Å²) in [4.78, 5) is 80.6. The van der Waals surface area contributed by atoms with Gasteiger partial charge in [-0.1, -0.05) is 206 Å². The highest BCUT2D eigenvalue weighted by Crippen LogP contribution is 2.44. The summed E-state index contributed by atoms with van der Waals surface area (Å²) in [6.45, 7) is -0.763. The number of hydrogen-bond donors (Lipinski definition) is 24. The van der Waals surface area contributed by atoms with Crippen molar-refractivity contribution >= 4 is 35.4 Å². The van der Waals surface area contributed by atoms with E-state index in [0.717, 1.165) is 85.0 Å². The highest BCUT2D eigenvalue weighted by molar-refractivity contribution is 5.78. The van der Waals surface area contributed by atoms with E-state index in [4.69, 9.17) is 56.8 Å². The van der Waals surface area contributed by atoms with E-state index in [1.165, 1.54) is 128 Å². The summed E-state index contributed by atoms with van der Waals surface area (Å²) in [6, 6.07) is -5.10. The molecule has 0 aromatic rings. The van der Waals surface area contributed by atoms with E-state index in [9.17, 15) is 136 Å². The van der Waals surface area contributed by atoms with E-state index in [0.29, 0.717) is 12.8 Å². The number of carbonyl (C=O) groups is 6. The molecule has 0 spiro atoms. The molecule has 42 nitrogen and oxygen atoms in total. The third-order valence-electron chi connectivity index (χ3n) is 25.4. The van der Waals surface area contributed by atoms with Crippen molar-refractivity contribution in [1.29, 1.82) is 0 Å². The zero-order valence-corrected chi connectivity index (χ0v) is 76.6. The second-order valence-corrected chi connectivity index (χ2v) is 36.0. The van der Waals surface area contributed by atoms with Crippen molar-refractivity contribution in [1.82, 2.24) is 16.0 Å². The Morgan fingerprint density at radius 2 is 0.847 bits per heavy atom. The van der Waals surface area contributed by atoms with E-state index in [2.05, 4.69) is 29.8 Å². The summed E-state index contributed by atoms with van der Waals surface area (Å²) in [7, 11) is 0. The lowest BCUT2D eigenvalue weighted by molar-refractivity contribution is -0.407. The predicted molar refractivity (Wildman–Crippen MR) is 459 cm³/mol. The highest BCUT2D eigenvalue weighted by atomic mass is 16.8. The number of ketones is 1. The number of carboxylic acid groups (broad SMARTS) is 2. The first-order valence-electron chi connectivity index (χ1n) is 47.4. The SMILES string of the molecule is CCCCCCCCCCCCC/C=C\[C@@H](O)[C@H](CO[C@@H]1O[C@H](CO)[C@@H](O[C@@H]2O[C@H](CO)[C@H](O[C@@H]3O[C@H](CO)[C@H](O)[C@H](O[C@@H]4O[C@H](CO)[C@H](O)[C@H](O)[C@H]4O)[C@H]3CC(C)=O)[C@H](O[C@]3(C(=O)O)C[C@H](O)[C@@H](NC(C)=O)C([C@H](O)[C@@H](CO)O[C@]4(C(=O)O)C[C@H](O)[C@@H](NC(C)=O)C([C@H](O)[C@H](O)CO)O4)O3)[C@H]2O)[C@H](O)[C@H]1O)NC(=O)CCCCCCCCCCCCCCCCCCCCC. The first-order chi connectivity index (χ1) is 62.6. The van der Waals surface area contributed by atoms with E-state index in [-0.39, 0.29) is 6.42 Å². The van der Waals surface area contributed by atoms with Gasteiger partial charge in [0.25, 0.3) is 11.6 Å². The summed E-state index contributed by atoms with van der Waals surface area (Å²) in [5.74, 6) is -16.5. The van der Waals surface area contributed by atoms with Crippen LogP contribution in [0.2, 0.25) is 0 Å². The van der Waals surface area contributed by atoms with Crippen LogP contribution in [0.3, 0.4) is 0 Å². The first-order valence-corrected chi connectivity index (χ1v) is 47.4. The summed E-state index contributed by atoms with van der Waals surface area (Å²) >= 11 is 0. The van der Waals surface area contributed by atoms with Crippen LogP contribution in [-0.4, -0.2) is 390 Å². The molecule has 0 aliphatic carbocycles. The maximum Gasteiger partial charge on any atom is 0.364 e. The fraction of sp³-hybridized carbons (Fsp3) is 0.910. The van der Waals surface area contributed by atoms with Crippen LogP contribution in [0, 0.1) is 5.92 Å². The normalized spacial score (nSPS) is 34.4. The molecule has 3 amide bonds. The molecule has 6 aliphatic rings. The molecule has 0 bridgehead atoms. The van der Waals surface area contributed by atoms with Crippen molar-refractivity contribution in [2.24, 2.45) is 5.92 Å². The van der Waals surface area contributed by atoms with E-state index >= 15 is 0 Å². The van der Waals surface area contributed by atoms with Crippen LogP contribution in [-0.2, 0) is 85.6 Å². The van der Waals surface area contributed by atoms with Crippen molar-refractivity contribution in [2.45, 2.75) is 461 Å². The predicted octanol–water partition coefficient (Wildman–Crippen LogP) is -1.22. The number of unbranched alkanes of at least 4 members (excludes halogenated alkanes) is 29. The Morgan fingerprint density at radius 3 is 1.32 bits per heavy atom. The third-order valence-corrected chi connectivity index (χ3v) is 25.4. The molecule has 6 heterocycles. The fourth-order valence-corrected chi connectivity index (χ4v) is 17.9. The molecular weight excluding hydrogens is 1730 g/mol. The molecule has 0 aromatic carbocycles. The molecule has 0 aromatic heterocycles. The van der Waals surface area contributed by atoms with Crippen molar-refractivity contribution in [3.8, 4) is 0 Å². The number of hydrogen-bond acceptors (Lipinski definition) is 37. The van der Waals surface area contributed by atoms with Gasteiger partial charge < -0.3 is 185 Å². The Bertz CT molecular complexity index is 3270. The first kappa shape index (κ1) is 115. The summed E-state index contributed by atoms with van der Waals surface area (Å²) < 4.78 is 72.6. The number of carbonyl (C=O) groups excluding carboxylic acids is 4. The van der Waals surface area contributed by atoms with Gasteiger partial charge in [-0.25, -0.2) is 9.59 Å². The second-order valence-electron chi connectivity index (χ2n) is 36.0. The average molecular weight is 1890 g/mol. The standard InChI is InChI=1S/C89H157N3O39/c1-6-8-10-12-14-16-18-20-21-22-23-24-25-27-29-31-33-35-37-39-64(106)92-54(55(102)38-36-34-32-30-28-26-19-17-15-13-11-9-7-2)49-120-83-74(114)72(112)77(62(47-97)123-83)126-85-75(115)81(78(63(48-98)124-85)127-82-53(40-50(3)99)76(69(109)60(45-95)121-82)125-84-73(113)71(111)68(108)59(44-94)122-84)131-89(87(118)119)42-57(104)66(91-52(5)101)80(130-89)70(110)61(46-96)128-88(86(116)117)41-56(103)65(90-51(4)100)79(129-88)67(107)58(105)43-93/h36,38,53-63,65-85,93-98,102-105,107-115H,6-35,37,39-49H2,1-5H3,(H,90,100)(H,91,101)(H,92,106)(H,116,117)(H,118,119)/b38-36-/t53-,54+,55-,56+,57+,58-,59-,60-,61-,62-,63-,65-,66-,67-,68+,69+,70-,71+,72-,73-,74-,75-,76-,77-,78+,79?,80?,81-,82+,83-,84+,85+,88-,89+/m1/s1. The second kappa shape index (κ2) is 59.7. The maximum atomic E-state index is 14.4. The Labute approximate surface area is 766 Å². The Morgan fingerprint density at radius 1 is 0.435 bits per heavy atom. The van der Waals surface area contributed by atoms with Gasteiger partial charge in [-0.2, -0.15) is 0 Å². The van der Waals surface area contributed by atoms with E-state index in [1.807, 2.05) is 0 Å². The average Bonchev–Trinajstić information content (AvgIpc) is 0.738. The number of carboxylic acids is 2. The number of allylic oxidation sites excluding steroid dienone is 1. The van der Waals surface area contributed by atoms with Crippen LogP contribution in [0.15, 0.2) is 12.2 Å². The number of rotatable bonds is 64. The topological polar surface area (TPSA) is 674 Å². The van der Waals surface area contributed by atoms with Gasteiger partial charge in [-0.3, -0.25) is 14.4 Å². The van der Waals surface area contributed by atoms with E-state index < -0.39 is 308 Å². The minimum absolute atomic E-state index is 0.0890. The molecule has 0 saturated carbocycles. The van der Waals surface area contributed by atoms with Crippen molar-refractivity contribution < 1.29 is 193 Å². The van der Waals surface area contributed by atoms with Crippen molar-refractivity contribution in [2.75, 3.05) is 46.2 Å². The molecule has 131 heavy (non-hydrogen) atoms. The molecule has 6 fully saturated rings. The number of ether oxygens (including phenoxy) is 12. The zero-order valence-electron chi connectivity index (χ0n) is 76.6. The number of nitrogens with one attached hydrogen (secondary N) is 3. The smallest absolute Gasteiger partial charge is 0.364 e. The van der Waals surface area contributed by atoms with Gasteiger partial charge in [-0.15, -0.1) is 0 Å². The number of Topliss-reactive ketones (excluding diaryl/α,β-unsaturated/α-hetero) is 1. The molecule has 2 unspecified atom stereocenters. The van der Waals surface area contributed by atoms with Gasteiger partial charge in [0.15, 0.2) is 25.2 Å². The van der Waals surface area contributed by atoms with Gasteiger partial charge in [0.1, 0.15) is 128 Å². The molecule has 0 radical (unpaired) electrons. The van der Waals surface area contributed by atoms with Gasteiger partial charge in [0, 0.05) is 45.4 Å². The largest absolute Gasteiger partial charge is 0.477 e. The lowest BCUT2D eigenvalue weighted by Gasteiger charge is -2.53. The van der Waals surface area contributed by atoms with Gasteiger partial charge in [-0.05, 0) is 26.2 Å². The number of aliphatic hydroxyl groups is 19. The third kappa shape index (κ3) is 34.8. The summed E-state index contributed by atoms with van der Waals surface area (Å²) in [6.07, 6.45) is -26.7.